The van der Waals surface area contributed by atoms with Gasteiger partial charge >= 0.3 is 0 Å². The second-order valence-corrected chi connectivity index (χ2v) is 6.12. The van der Waals surface area contributed by atoms with Gasteiger partial charge in [-0.15, -0.1) is 0 Å². The fraction of sp³-hybridized carbons (Fsp3) is 0.235. The minimum absolute atomic E-state index is 0.322. The van der Waals surface area contributed by atoms with E-state index in [1.807, 2.05) is 17.8 Å². The van der Waals surface area contributed by atoms with Crippen LogP contribution in [0.15, 0.2) is 48.5 Å². The van der Waals surface area contributed by atoms with Gasteiger partial charge in [0.05, 0.1) is 6.04 Å². The molecule has 4 heteroatoms. The lowest BCUT2D eigenvalue weighted by Crippen LogP contribution is -2.34. The van der Waals surface area contributed by atoms with Gasteiger partial charge in [-0.1, -0.05) is 30.3 Å². The summed E-state index contributed by atoms with van der Waals surface area (Å²) in [6.07, 6.45) is 0. The van der Waals surface area contributed by atoms with Crippen molar-refractivity contribution in [2.75, 3.05) is 24.0 Å². The van der Waals surface area contributed by atoms with Gasteiger partial charge < -0.3 is 14.4 Å². The van der Waals surface area contributed by atoms with E-state index in [9.17, 15) is 0 Å². The summed E-state index contributed by atoms with van der Waals surface area (Å²) in [5.41, 5.74) is 2.54. The van der Waals surface area contributed by atoms with Crippen LogP contribution < -0.4 is 14.4 Å². The molecule has 107 valence electrons. The Morgan fingerprint density at radius 2 is 1.86 bits per heavy atom. The molecule has 0 aromatic heterocycles. The Balaban J connectivity index is 1.68. The van der Waals surface area contributed by atoms with Crippen molar-refractivity contribution in [3.63, 3.8) is 0 Å². The SMILES string of the molecule is [CH]1CN(c2ccc3c(c2)OCO3)C(c2ccccc2)CS1. The number of hydrogen-bond acceptors (Lipinski definition) is 4. The first-order chi connectivity index (χ1) is 10.4. The van der Waals surface area contributed by atoms with Gasteiger partial charge in [0.1, 0.15) is 0 Å². The average Bonchev–Trinajstić information content (AvgIpc) is 3.03. The summed E-state index contributed by atoms with van der Waals surface area (Å²) in [5.74, 6) is 5.02. The Labute approximate surface area is 128 Å². The van der Waals surface area contributed by atoms with Crippen molar-refractivity contribution in [1.29, 1.82) is 0 Å². The summed E-state index contributed by atoms with van der Waals surface area (Å²) >= 11 is 1.90. The molecule has 0 amide bonds. The molecule has 2 aliphatic rings. The standard InChI is InChI=1S/C17H16NO2S/c1-2-4-13(5-3-1)15-11-21-9-8-18(15)14-6-7-16-17(10-14)20-12-19-16/h1-7,9-10,15H,8,11-12H2. The summed E-state index contributed by atoms with van der Waals surface area (Å²) in [7, 11) is 0. The molecule has 1 unspecified atom stereocenters. The molecule has 0 spiro atoms. The smallest absolute Gasteiger partial charge is 0.231 e. The quantitative estimate of drug-likeness (QED) is 0.839. The van der Waals surface area contributed by atoms with E-state index in [0.717, 1.165) is 23.8 Å². The highest BCUT2D eigenvalue weighted by molar-refractivity contribution is 8.01. The summed E-state index contributed by atoms with van der Waals surface area (Å²) < 4.78 is 10.9. The van der Waals surface area contributed by atoms with Gasteiger partial charge in [-0.3, -0.25) is 0 Å². The number of rotatable bonds is 2. The first-order valence-electron chi connectivity index (χ1n) is 7.06. The molecule has 1 atom stereocenters. The van der Waals surface area contributed by atoms with Gasteiger partial charge in [0, 0.05) is 29.8 Å². The first-order valence-corrected chi connectivity index (χ1v) is 8.11. The highest BCUT2D eigenvalue weighted by Crippen LogP contribution is 2.40. The molecule has 0 bridgehead atoms. The maximum Gasteiger partial charge on any atom is 0.231 e. The molecule has 4 rings (SSSR count). The maximum absolute atomic E-state index is 5.51. The van der Waals surface area contributed by atoms with Crippen molar-refractivity contribution >= 4 is 17.4 Å². The summed E-state index contributed by atoms with van der Waals surface area (Å²) in [6.45, 7) is 1.26. The molecule has 1 radical (unpaired) electrons. The van der Waals surface area contributed by atoms with Gasteiger partial charge in [0.15, 0.2) is 11.5 Å². The molecule has 0 N–H and O–H groups in total. The van der Waals surface area contributed by atoms with E-state index in [1.165, 1.54) is 11.3 Å². The zero-order valence-corrected chi connectivity index (χ0v) is 12.4. The minimum Gasteiger partial charge on any atom is -0.454 e. The van der Waals surface area contributed by atoms with Gasteiger partial charge in [-0.05, 0) is 17.7 Å². The maximum atomic E-state index is 5.51. The van der Waals surface area contributed by atoms with Crippen molar-refractivity contribution < 1.29 is 9.47 Å². The molecule has 2 aromatic rings. The Morgan fingerprint density at radius 1 is 1.00 bits per heavy atom. The van der Waals surface area contributed by atoms with Crippen molar-refractivity contribution in [2.24, 2.45) is 0 Å². The van der Waals surface area contributed by atoms with Crippen LogP contribution in [0.2, 0.25) is 0 Å². The molecular weight excluding hydrogens is 282 g/mol. The molecule has 3 nitrogen and oxygen atoms in total. The van der Waals surface area contributed by atoms with E-state index in [1.54, 1.807) is 0 Å². The largest absolute Gasteiger partial charge is 0.454 e. The molecule has 1 saturated heterocycles. The van der Waals surface area contributed by atoms with Gasteiger partial charge in [-0.2, -0.15) is 11.8 Å². The summed E-state index contributed by atoms with van der Waals surface area (Å²) in [5, 5.41) is 0. The highest BCUT2D eigenvalue weighted by atomic mass is 32.2. The normalized spacial score (nSPS) is 20.6. The van der Waals surface area contributed by atoms with Crippen LogP contribution in [0.25, 0.3) is 0 Å². The predicted octanol–water partition coefficient (Wildman–Crippen LogP) is 3.87. The second kappa shape index (κ2) is 5.53. The number of fused-ring (bicyclic) bond motifs is 1. The zero-order valence-electron chi connectivity index (χ0n) is 11.6. The van der Waals surface area contributed by atoms with E-state index < -0.39 is 0 Å². The number of hydrogen-bond donors (Lipinski definition) is 0. The van der Waals surface area contributed by atoms with Crippen LogP contribution >= 0.6 is 11.8 Å². The topological polar surface area (TPSA) is 21.7 Å². The van der Waals surface area contributed by atoms with Gasteiger partial charge in [0.25, 0.3) is 0 Å². The third kappa shape index (κ3) is 2.44. The molecule has 0 saturated carbocycles. The number of benzene rings is 2. The molecule has 21 heavy (non-hydrogen) atoms. The lowest BCUT2D eigenvalue weighted by molar-refractivity contribution is 0.174. The average molecular weight is 298 g/mol. The van der Waals surface area contributed by atoms with Gasteiger partial charge in [0.2, 0.25) is 6.79 Å². The van der Waals surface area contributed by atoms with Crippen molar-refractivity contribution in [1.82, 2.24) is 0 Å². The van der Waals surface area contributed by atoms with Crippen LogP contribution in [0, 0.1) is 5.75 Å². The Morgan fingerprint density at radius 3 is 2.76 bits per heavy atom. The molecule has 0 aliphatic carbocycles. The van der Waals surface area contributed by atoms with Crippen LogP contribution in [0.5, 0.6) is 11.5 Å². The van der Waals surface area contributed by atoms with E-state index in [-0.39, 0.29) is 0 Å². The van der Waals surface area contributed by atoms with Crippen LogP contribution in [0.1, 0.15) is 11.6 Å². The van der Waals surface area contributed by atoms with Crippen molar-refractivity contribution in [3.8, 4) is 11.5 Å². The Bertz CT molecular complexity index is 632. The Hall–Kier alpha value is -1.81. The van der Waals surface area contributed by atoms with Gasteiger partial charge in [-0.25, -0.2) is 0 Å². The van der Waals surface area contributed by atoms with E-state index in [4.69, 9.17) is 9.47 Å². The molecule has 2 aromatic carbocycles. The van der Waals surface area contributed by atoms with Crippen LogP contribution in [0.3, 0.4) is 0 Å². The summed E-state index contributed by atoms with van der Waals surface area (Å²) in [6, 6.07) is 17.3. The number of anilines is 1. The first kappa shape index (κ1) is 12.9. The predicted molar refractivity (Wildman–Crippen MR) is 85.9 cm³/mol. The zero-order chi connectivity index (χ0) is 14.1. The minimum atomic E-state index is 0.322. The number of thioether (sulfide) groups is 1. The molecule has 1 fully saturated rings. The molecule has 2 aliphatic heterocycles. The summed E-state index contributed by atoms with van der Waals surface area (Å²) in [4.78, 5) is 2.42. The van der Waals surface area contributed by atoms with Crippen LogP contribution in [0.4, 0.5) is 5.69 Å². The van der Waals surface area contributed by atoms with E-state index >= 15 is 0 Å². The monoisotopic (exact) mass is 298 g/mol. The highest BCUT2D eigenvalue weighted by Gasteiger charge is 2.26. The number of nitrogens with zero attached hydrogens (tertiary/aromatic N) is 1. The van der Waals surface area contributed by atoms with E-state index in [2.05, 4.69) is 53.1 Å². The third-order valence-electron chi connectivity index (χ3n) is 3.89. The third-order valence-corrected chi connectivity index (χ3v) is 4.78. The van der Waals surface area contributed by atoms with E-state index in [0.29, 0.717) is 12.8 Å². The van der Waals surface area contributed by atoms with Crippen LogP contribution in [-0.4, -0.2) is 19.1 Å². The van der Waals surface area contributed by atoms with Crippen molar-refractivity contribution in [3.05, 3.63) is 59.8 Å². The van der Waals surface area contributed by atoms with Crippen molar-refractivity contribution in [2.45, 2.75) is 6.04 Å². The molecule has 2 heterocycles. The number of ether oxygens (including phenoxy) is 2. The fourth-order valence-corrected chi connectivity index (χ4v) is 3.77. The molecular formula is C17H16NO2S. The lowest BCUT2D eigenvalue weighted by atomic mass is 10.1. The Kier molecular flexibility index (Phi) is 3.39. The lowest BCUT2D eigenvalue weighted by Gasteiger charge is -2.37. The van der Waals surface area contributed by atoms with Crippen LogP contribution in [-0.2, 0) is 0 Å². The second-order valence-electron chi connectivity index (χ2n) is 5.12. The fourth-order valence-electron chi connectivity index (χ4n) is 2.81.